The molecule has 4 aliphatic carbocycles. The minimum Gasteiger partial charge on any atom is -0.468 e. The normalized spacial score (nSPS) is 42.5. The van der Waals surface area contributed by atoms with Gasteiger partial charge in [0.1, 0.15) is 0 Å². The van der Waals surface area contributed by atoms with Crippen LogP contribution in [0.4, 0.5) is 0 Å². The van der Waals surface area contributed by atoms with E-state index in [2.05, 4.69) is 13.8 Å². The highest BCUT2D eigenvalue weighted by molar-refractivity contribution is 6.05. The Labute approximate surface area is 118 Å². The summed E-state index contributed by atoms with van der Waals surface area (Å²) in [7, 11) is 2.56. The molecule has 0 radical (unpaired) electrons. The first kappa shape index (κ1) is 13.9. The van der Waals surface area contributed by atoms with Crippen molar-refractivity contribution in [2.75, 3.05) is 14.2 Å². The number of esters is 2. The van der Waals surface area contributed by atoms with Gasteiger partial charge in [-0.3, -0.25) is 9.59 Å². The summed E-state index contributed by atoms with van der Waals surface area (Å²) >= 11 is 0. The number of aliphatic hydroxyl groups excluding tert-OH is 1. The number of methoxy groups -OCH3 is 2. The van der Waals surface area contributed by atoms with Crippen LogP contribution in [0.15, 0.2) is 0 Å². The van der Waals surface area contributed by atoms with Crippen LogP contribution in [0.2, 0.25) is 0 Å². The second-order valence-corrected chi connectivity index (χ2v) is 7.16. The quantitative estimate of drug-likeness (QED) is 0.607. The number of hydrogen-bond acceptors (Lipinski definition) is 5. The van der Waals surface area contributed by atoms with E-state index in [0.717, 1.165) is 6.42 Å². The molecule has 0 heterocycles. The van der Waals surface area contributed by atoms with Crippen LogP contribution in [0.25, 0.3) is 0 Å². The molecule has 5 nitrogen and oxygen atoms in total. The SMILES string of the molecule is COC(=O)C1(C(=O)OC)C[C@@]12[C@@H]1CC(C[C@@H]2O)C1(C)C. The van der Waals surface area contributed by atoms with Crippen molar-refractivity contribution in [3.63, 3.8) is 0 Å². The standard InChI is InChI=1S/C15H22O5/c1-13(2)8-5-9(13)14(10(16)6-8)7-15(14,11(17)19-3)12(18)20-4/h8-10,16H,5-7H2,1-4H3/t8?,9-,10+,14+/m1/s1. The zero-order chi connectivity index (χ0) is 14.9. The largest absolute Gasteiger partial charge is 0.468 e. The number of ether oxygens (including phenoxy) is 2. The predicted octanol–water partition coefficient (Wildman–Crippen LogP) is 1.14. The average Bonchev–Trinajstić information content (AvgIpc) is 3.10. The molecule has 1 spiro atoms. The molecule has 4 atom stereocenters. The molecule has 1 N–H and O–H groups in total. The average molecular weight is 282 g/mol. The van der Waals surface area contributed by atoms with Crippen LogP contribution in [-0.4, -0.2) is 37.4 Å². The highest BCUT2D eigenvalue weighted by Crippen LogP contribution is 2.82. The maximum Gasteiger partial charge on any atom is 0.323 e. The Morgan fingerprint density at radius 2 is 1.65 bits per heavy atom. The number of aliphatic hydroxyl groups is 1. The van der Waals surface area contributed by atoms with Crippen molar-refractivity contribution in [3.8, 4) is 0 Å². The minimum atomic E-state index is -1.30. The van der Waals surface area contributed by atoms with E-state index in [1.807, 2.05) is 0 Å². The van der Waals surface area contributed by atoms with E-state index in [-0.39, 0.29) is 11.3 Å². The molecule has 4 fully saturated rings. The summed E-state index contributed by atoms with van der Waals surface area (Å²) in [6, 6.07) is 0. The van der Waals surface area contributed by atoms with E-state index in [1.54, 1.807) is 0 Å². The van der Waals surface area contributed by atoms with Gasteiger partial charge in [-0.2, -0.15) is 0 Å². The van der Waals surface area contributed by atoms with Crippen LogP contribution >= 0.6 is 0 Å². The molecule has 4 rings (SSSR count). The maximum atomic E-state index is 12.3. The van der Waals surface area contributed by atoms with E-state index in [1.165, 1.54) is 14.2 Å². The molecule has 1 unspecified atom stereocenters. The summed E-state index contributed by atoms with van der Waals surface area (Å²) in [6.45, 7) is 4.33. The fourth-order valence-corrected chi connectivity index (χ4v) is 5.18. The van der Waals surface area contributed by atoms with Gasteiger partial charge in [-0.15, -0.1) is 0 Å². The number of carbonyl (C=O) groups excluding carboxylic acids is 2. The fourth-order valence-electron chi connectivity index (χ4n) is 5.18. The molecule has 112 valence electrons. The Bertz CT molecular complexity index is 467. The van der Waals surface area contributed by atoms with Crippen LogP contribution < -0.4 is 0 Å². The zero-order valence-electron chi connectivity index (χ0n) is 12.4. The molecule has 2 bridgehead atoms. The van der Waals surface area contributed by atoms with Gasteiger partial charge >= 0.3 is 11.9 Å². The van der Waals surface area contributed by atoms with Gasteiger partial charge in [-0.25, -0.2) is 0 Å². The Morgan fingerprint density at radius 1 is 1.10 bits per heavy atom. The monoisotopic (exact) mass is 282 g/mol. The Kier molecular flexibility index (Phi) is 2.60. The third-order valence-electron chi connectivity index (χ3n) is 6.49. The number of rotatable bonds is 2. The first-order chi connectivity index (χ1) is 9.28. The predicted molar refractivity (Wildman–Crippen MR) is 69.5 cm³/mol. The Hall–Kier alpha value is -1.10. The maximum absolute atomic E-state index is 12.3. The second-order valence-electron chi connectivity index (χ2n) is 7.16. The highest BCUT2D eigenvalue weighted by atomic mass is 16.5. The van der Waals surface area contributed by atoms with Crippen molar-refractivity contribution in [2.24, 2.45) is 28.1 Å². The summed E-state index contributed by atoms with van der Waals surface area (Å²) in [5.41, 5.74) is -1.93. The molecular formula is C15H22O5. The van der Waals surface area contributed by atoms with Crippen LogP contribution in [0.3, 0.4) is 0 Å². The highest BCUT2D eigenvalue weighted by Gasteiger charge is 2.87. The molecule has 4 aliphatic rings. The number of carbonyl (C=O) groups is 2. The van der Waals surface area contributed by atoms with E-state index >= 15 is 0 Å². The van der Waals surface area contributed by atoms with E-state index in [4.69, 9.17) is 9.47 Å². The van der Waals surface area contributed by atoms with Gasteiger partial charge < -0.3 is 14.6 Å². The van der Waals surface area contributed by atoms with Gasteiger partial charge in [0.25, 0.3) is 0 Å². The Balaban J connectivity index is 2.05. The van der Waals surface area contributed by atoms with Gasteiger partial charge in [-0.1, -0.05) is 13.8 Å². The molecule has 4 saturated carbocycles. The van der Waals surface area contributed by atoms with E-state index in [9.17, 15) is 14.7 Å². The lowest BCUT2D eigenvalue weighted by atomic mass is 9.42. The molecule has 0 aromatic rings. The van der Waals surface area contributed by atoms with Crippen LogP contribution in [-0.2, 0) is 19.1 Å². The van der Waals surface area contributed by atoms with Crippen molar-refractivity contribution in [3.05, 3.63) is 0 Å². The van der Waals surface area contributed by atoms with Gasteiger partial charge in [0.15, 0.2) is 5.41 Å². The lowest BCUT2D eigenvalue weighted by Crippen LogP contribution is -2.61. The molecule has 5 heteroatoms. The van der Waals surface area contributed by atoms with Gasteiger partial charge in [0.05, 0.1) is 20.3 Å². The Morgan fingerprint density at radius 3 is 2.10 bits per heavy atom. The van der Waals surface area contributed by atoms with Crippen molar-refractivity contribution in [2.45, 2.75) is 39.2 Å². The summed E-state index contributed by atoms with van der Waals surface area (Å²) in [5.74, 6) is -0.488. The van der Waals surface area contributed by atoms with Crippen molar-refractivity contribution < 1.29 is 24.2 Å². The summed E-state index contributed by atoms with van der Waals surface area (Å²) in [5, 5.41) is 10.5. The third kappa shape index (κ3) is 1.19. The first-order valence-electron chi connectivity index (χ1n) is 7.14. The molecule has 0 saturated heterocycles. The number of fused-ring (bicyclic) bond motifs is 1. The van der Waals surface area contributed by atoms with Crippen LogP contribution in [0, 0.1) is 28.1 Å². The zero-order valence-corrected chi connectivity index (χ0v) is 12.4. The van der Waals surface area contributed by atoms with Crippen LogP contribution in [0.1, 0.15) is 33.1 Å². The van der Waals surface area contributed by atoms with Gasteiger partial charge in [0.2, 0.25) is 0 Å². The summed E-state index contributed by atoms with van der Waals surface area (Å²) in [6.07, 6.45) is 1.35. The van der Waals surface area contributed by atoms with Crippen molar-refractivity contribution >= 4 is 11.9 Å². The van der Waals surface area contributed by atoms with E-state index in [0.29, 0.717) is 18.8 Å². The lowest BCUT2D eigenvalue weighted by Gasteiger charge is -2.63. The molecule has 0 aromatic heterocycles. The van der Waals surface area contributed by atoms with Crippen molar-refractivity contribution in [1.29, 1.82) is 0 Å². The smallest absolute Gasteiger partial charge is 0.323 e. The van der Waals surface area contributed by atoms with E-state index < -0.39 is 28.9 Å². The van der Waals surface area contributed by atoms with Crippen LogP contribution in [0.5, 0.6) is 0 Å². The molecule has 0 amide bonds. The number of hydrogen-bond donors (Lipinski definition) is 1. The minimum absolute atomic E-state index is 0.0586. The van der Waals surface area contributed by atoms with Gasteiger partial charge in [0, 0.05) is 5.41 Å². The van der Waals surface area contributed by atoms with Crippen molar-refractivity contribution in [1.82, 2.24) is 0 Å². The summed E-state index contributed by atoms with van der Waals surface area (Å²) < 4.78 is 9.72. The topological polar surface area (TPSA) is 72.8 Å². The molecule has 0 aliphatic heterocycles. The molecule has 20 heavy (non-hydrogen) atoms. The van der Waals surface area contributed by atoms with Gasteiger partial charge in [-0.05, 0) is 36.5 Å². The molecule has 0 aromatic carbocycles. The third-order valence-corrected chi connectivity index (χ3v) is 6.49. The summed E-state index contributed by atoms with van der Waals surface area (Å²) in [4.78, 5) is 24.5. The fraction of sp³-hybridized carbons (Fsp3) is 0.867. The first-order valence-corrected chi connectivity index (χ1v) is 7.14. The molecular weight excluding hydrogens is 260 g/mol. The second kappa shape index (κ2) is 3.75. The lowest BCUT2D eigenvalue weighted by molar-refractivity contribution is -0.200.